The van der Waals surface area contributed by atoms with Crippen molar-refractivity contribution in [2.24, 2.45) is 0 Å². The van der Waals surface area contributed by atoms with Gasteiger partial charge < -0.3 is 19.5 Å². The van der Waals surface area contributed by atoms with Crippen LogP contribution in [0.1, 0.15) is 25.3 Å². The third-order valence-corrected chi connectivity index (χ3v) is 4.21. The molecule has 0 saturated carbocycles. The Balaban J connectivity index is 2.10. The van der Waals surface area contributed by atoms with E-state index in [2.05, 4.69) is 15.9 Å². The minimum Gasteiger partial charge on any atom is -0.493 e. The lowest BCUT2D eigenvalue weighted by molar-refractivity contribution is -0.0183. The van der Waals surface area contributed by atoms with Crippen LogP contribution in [0, 0.1) is 0 Å². The van der Waals surface area contributed by atoms with E-state index in [-0.39, 0.29) is 0 Å². The van der Waals surface area contributed by atoms with Crippen LogP contribution >= 0.6 is 0 Å². The highest BCUT2D eigenvalue weighted by atomic mass is 16.5. The van der Waals surface area contributed by atoms with Crippen molar-refractivity contribution in [1.29, 1.82) is 0 Å². The van der Waals surface area contributed by atoms with Crippen LogP contribution in [0.3, 0.4) is 0 Å². The summed E-state index contributed by atoms with van der Waals surface area (Å²) in [4.78, 5) is 4.38. The first-order chi connectivity index (χ1) is 10.9. The third-order valence-electron chi connectivity index (χ3n) is 4.21. The molecule has 1 saturated heterocycles. The summed E-state index contributed by atoms with van der Waals surface area (Å²) in [5.74, 6) is 1.59. The highest BCUT2D eigenvalue weighted by Gasteiger charge is 2.28. The second-order valence-electron chi connectivity index (χ2n) is 6.91. The molecular weight excluding hydrogens is 292 g/mol. The first-order valence-corrected chi connectivity index (χ1v) is 8.29. The highest BCUT2D eigenvalue weighted by Crippen LogP contribution is 2.33. The molecule has 0 aromatic heterocycles. The number of likely N-dealkylation sites (N-methyl/N-ethyl adjacent to an activating group) is 1. The highest BCUT2D eigenvalue weighted by molar-refractivity contribution is 5.46. The standard InChI is InChI=1S/C18H30N2O3/c1-18(21)9-6-10-20(14-18)13-15-7-5-8-16(22-4)17(15)23-12-11-19(2)3/h5,7-8,21H,6,9-14H2,1-4H3/t18-/m1/s1. The Morgan fingerprint density at radius 3 is 2.78 bits per heavy atom. The Labute approximate surface area is 139 Å². The number of aliphatic hydroxyl groups is 1. The molecule has 0 unspecified atom stereocenters. The molecule has 1 fully saturated rings. The number of rotatable bonds is 7. The zero-order valence-electron chi connectivity index (χ0n) is 14.8. The van der Waals surface area contributed by atoms with E-state index in [1.807, 2.05) is 33.2 Å². The molecule has 1 atom stereocenters. The van der Waals surface area contributed by atoms with Gasteiger partial charge in [0.05, 0.1) is 12.7 Å². The fourth-order valence-electron chi connectivity index (χ4n) is 3.04. The Hall–Kier alpha value is -1.30. The van der Waals surface area contributed by atoms with E-state index >= 15 is 0 Å². The van der Waals surface area contributed by atoms with Crippen LogP contribution in [-0.4, -0.2) is 68.0 Å². The average molecular weight is 322 g/mol. The SMILES string of the molecule is COc1cccc(CN2CCC[C@@](C)(O)C2)c1OCCN(C)C. The van der Waals surface area contributed by atoms with Crippen molar-refractivity contribution >= 4 is 0 Å². The molecule has 1 aromatic rings. The first-order valence-electron chi connectivity index (χ1n) is 8.29. The molecule has 2 rings (SSSR count). The number of piperidine rings is 1. The summed E-state index contributed by atoms with van der Waals surface area (Å²) in [5, 5.41) is 10.3. The monoisotopic (exact) mass is 322 g/mol. The topological polar surface area (TPSA) is 45.2 Å². The lowest BCUT2D eigenvalue weighted by atomic mass is 9.95. The molecule has 0 radical (unpaired) electrons. The van der Waals surface area contributed by atoms with Gasteiger partial charge in [0.1, 0.15) is 6.61 Å². The maximum Gasteiger partial charge on any atom is 0.165 e. The number of ether oxygens (including phenoxy) is 2. The van der Waals surface area contributed by atoms with Gasteiger partial charge in [-0.15, -0.1) is 0 Å². The van der Waals surface area contributed by atoms with Crippen molar-refractivity contribution < 1.29 is 14.6 Å². The van der Waals surface area contributed by atoms with Gasteiger partial charge in [0.15, 0.2) is 11.5 Å². The van der Waals surface area contributed by atoms with Crippen molar-refractivity contribution in [3.8, 4) is 11.5 Å². The van der Waals surface area contributed by atoms with E-state index in [4.69, 9.17) is 9.47 Å². The lowest BCUT2D eigenvalue weighted by Gasteiger charge is -2.37. The Bertz CT molecular complexity index is 503. The van der Waals surface area contributed by atoms with Crippen molar-refractivity contribution in [1.82, 2.24) is 9.80 Å². The molecule has 1 aliphatic heterocycles. The van der Waals surface area contributed by atoms with E-state index in [9.17, 15) is 5.11 Å². The number of para-hydroxylation sites is 1. The van der Waals surface area contributed by atoms with Crippen molar-refractivity contribution in [2.45, 2.75) is 31.9 Å². The molecular formula is C18H30N2O3. The van der Waals surface area contributed by atoms with Crippen molar-refractivity contribution in [2.75, 3.05) is 47.4 Å². The zero-order valence-corrected chi connectivity index (χ0v) is 14.8. The summed E-state index contributed by atoms with van der Waals surface area (Å²) < 4.78 is 11.5. The Morgan fingerprint density at radius 1 is 1.35 bits per heavy atom. The van der Waals surface area contributed by atoms with Crippen LogP contribution in [0.25, 0.3) is 0 Å². The number of β-amino-alcohol motifs (C(OH)–C–C–N with tert-alkyl or cyclic N) is 1. The smallest absolute Gasteiger partial charge is 0.165 e. The Kier molecular flexibility index (Phi) is 6.27. The molecule has 0 amide bonds. The van der Waals surface area contributed by atoms with Gasteiger partial charge >= 0.3 is 0 Å². The summed E-state index contributed by atoms with van der Waals surface area (Å²) >= 11 is 0. The molecule has 5 heteroatoms. The van der Waals surface area contributed by atoms with Gasteiger partial charge in [-0.1, -0.05) is 12.1 Å². The summed E-state index contributed by atoms with van der Waals surface area (Å²) in [7, 11) is 5.73. The molecule has 1 heterocycles. The quantitative estimate of drug-likeness (QED) is 0.832. The molecule has 1 aliphatic rings. The van der Waals surface area contributed by atoms with E-state index in [0.29, 0.717) is 13.2 Å². The van der Waals surface area contributed by atoms with Crippen molar-refractivity contribution in [3.05, 3.63) is 23.8 Å². The summed E-state index contributed by atoms with van der Waals surface area (Å²) in [5.41, 5.74) is 0.518. The van der Waals surface area contributed by atoms with Crippen LogP contribution in [0.15, 0.2) is 18.2 Å². The van der Waals surface area contributed by atoms with Crippen molar-refractivity contribution in [3.63, 3.8) is 0 Å². The summed E-state index contributed by atoms with van der Waals surface area (Å²) in [6.07, 6.45) is 1.89. The maximum atomic E-state index is 10.3. The normalized spacial score (nSPS) is 22.3. The largest absolute Gasteiger partial charge is 0.493 e. The van der Waals surface area contributed by atoms with E-state index in [1.165, 1.54) is 0 Å². The number of hydrogen-bond acceptors (Lipinski definition) is 5. The minimum absolute atomic E-state index is 0.594. The van der Waals surface area contributed by atoms with Crippen LogP contribution in [0.4, 0.5) is 0 Å². The molecule has 0 aliphatic carbocycles. The molecule has 5 nitrogen and oxygen atoms in total. The molecule has 23 heavy (non-hydrogen) atoms. The summed E-state index contributed by atoms with van der Waals surface area (Å²) in [6.45, 7) is 5.86. The fourth-order valence-corrected chi connectivity index (χ4v) is 3.04. The van der Waals surface area contributed by atoms with E-state index in [1.54, 1.807) is 7.11 Å². The number of hydrogen-bond donors (Lipinski definition) is 1. The minimum atomic E-state index is -0.594. The van der Waals surface area contributed by atoms with Crippen LogP contribution in [-0.2, 0) is 6.54 Å². The van der Waals surface area contributed by atoms with Crippen LogP contribution in [0.5, 0.6) is 11.5 Å². The molecule has 1 N–H and O–H groups in total. The van der Waals surface area contributed by atoms with Gasteiger partial charge in [-0.05, 0) is 46.5 Å². The molecule has 0 bridgehead atoms. The first kappa shape index (κ1) is 18.0. The van der Waals surface area contributed by atoms with Gasteiger partial charge in [0.25, 0.3) is 0 Å². The van der Waals surface area contributed by atoms with E-state index < -0.39 is 5.60 Å². The number of methoxy groups -OCH3 is 1. The van der Waals surface area contributed by atoms with Gasteiger partial charge in [-0.2, -0.15) is 0 Å². The van der Waals surface area contributed by atoms with Gasteiger partial charge in [0.2, 0.25) is 0 Å². The van der Waals surface area contributed by atoms with Crippen LogP contribution < -0.4 is 9.47 Å². The predicted octanol–water partition coefficient (Wildman–Crippen LogP) is 1.98. The second kappa shape index (κ2) is 7.99. The number of benzene rings is 1. The third kappa shape index (κ3) is 5.37. The van der Waals surface area contributed by atoms with Crippen LogP contribution in [0.2, 0.25) is 0 Å². The fraction of sp³-hybridized carbons (Fsp3) is 0.667. The number of nitrogens with zero attached hydrogens (tertiary/aromatic N) is 2. The van der Waals surface area contributed by atoms with E-state index in [0.717, 1.165) is 49.5 Å². The maximum absolute atomic E-state index is 10.3. The lowest BCUT2D eigenvalue weighted by Crippen LogP contribution is -2.45. The summed E-state index contributed by atoms with van der Waals surface area (Å²) in [6, 6.07) is 6.01. The van der Waals surface area contributed by atoms with Gasteiger partial charge in [0, 0.05) is 25.2 Å². The zero-order chi connectivity index (χ0) is 16.9. The average Bonchev–Trinajstić information content (AvgIpc) is 2.47. The Morgan fingerprint density at radius 2 is 2.13 bits per heavy atom. The second-order valence-corrected chi connectivity index (χ2v) is 6.91. The molecule has 130 valence electrons. The van der Waals surface area contributed by atoms with Gasteiger partial charge in [-0.3, -0.25) is 4.90 Å². The molecule has 1 aromatic carbocycles. The predicted molar refractivity (Wildman–Crippen MR) is 92.2 cm³/mol. The van der Waals surface area contributed by atoms with Gasteiger partial charge in [-0.25, -0.2) is 0 Å². The number of likely N-dealkylation sites (tertiary alicyclic amines) is 1. The molecule has 0 spiro atoms.